The Morgan fingerprint density at radius 2 is 2.19 bits per heavy atom. The zero-order chi connectivity index (χ0) is 18.3. The number of amides is 4. The second kappa shape index (κ2) is 5.69. The first kappa shape index (κ1) is 15.8. The summed E-state index contributed by atoms with van der Waals surface area (Å²) in [6.45, 7) is -0.151. The van der Waals surface area contributed by atoms with Gasteiger partial charge in [0.15, 0.2) is 5.54 Å². The Hall–Kier alpha value is -3.69. The number of imide groups is 1. The summed E-state index contributed by atoms with van der Waals surface area (Å²) in [6.07, 6.45) is 6.43. The van der Waals surface area contributed by atoms with Gasteiger partial charge in [0, 0.05) is 42.7 Å². The number of H-pyrrole nitrogens is 1. The molecular weight excluding hydrogens is 338 g/mol. The van der Waals surface area contributed by atoms with Crippen LogP contribution < -0.4 is 16.0 Å². The van der Waals surface area contributed by atoms with E-state index < -0.39 is 23.4 Å². The van der Waals surface area contributed by atoms with E-state index in [9.17, 15) is 14.4 Å². The molecule has 132 valence electrons. The Kier molecular flexibility index (Phi) is 3.46. The molecular formula is C16H15N7O3. The lowest BCUT2D eigenvalue weighted by Crippen LogP contribution is -2.54. The predicted octanol–water partition coefficient (Wildman–Crippen LogP) is -0.239. The maximum Gasteiger partial charge on any atom is 0.322 e. The summed E-state index contributed by atoms with van der Waals surface area (Å²) in [7, 11) is 1.70. The number of hydrogen-bond donors (Lipinski definition) is 4. The van der Waals surface area contributed by atoms with Gasteiger partial charge in [-0.05, 0) is 12.1 Å². The van der Waals surface area contributed by atoms with Crippen molar-refractivity contribution in [3.05, 3.63) is 48.4 Å². The van der Waals surface area contributed by atoms with Gasteiger partial charge in [-0.2, -0.15) is 0 Å². The van der Waals surface area contributed by atoms with Gasteiger partial charge in [0.25, 0.3) is 11.8 Å². The Morgan fingerprint density at radius 1 is 1.35 bits per heavy atom. The van der Waals surface area contributed by atoms with Gasteiger partial charge < -0.3 is 20.2 Å². The molecule has 0 radical (unpaired) electrons. The van der Waals surface area contributed by atoms with Crippen LogP contribution in [0, 0.1) is 0 Å². The number of urea groups is 1. The number of nitrogens with one attached hydrogen (secondary N) is 4. The zero-order valence-electron chi connectivity index (χ0n) is 13.7. The fraction of sp³-hybridized carbons (Fsp3) is 0.188. The van der Waals surface area contributed by atoms with Crippen LogP contribution in [0.5, 0.6) is 0 Å². The molecule has 0 bridgehead atoms. The molecule has 0 saturated carbocycles. The van der Waals surface area contributed by atoms with E-state index in [1.54, 1.807) is 42.3 Å². The number of aryl methyl sites for hydroxylation is 1. The highest BCUT2D eigenvalue weighted by atomic mass is 16.2. The fourth-order valence-electron chi connectivity index (χ4n) is 3.03. The third-order valence-electron chi connectivity index (χ3n) is 4.32. The van der Waals surface area contributed by atoms with E-state index in [1.807, 2.05) is 0 Å². The van der Waals surface area contributed by atoms with Crippen LogP contribution in [0.15, 0.2) is 36.9 Å². The van der Waals surface area contributed by atoms with Gasteiger partial charge in [-0.3, -0.25) is 19.9 Å². The molecule has 0 spiro atoms. The van der Waals surface area contributed by atoms with E-state index in [2.05, 4.69) is 30.9 Å². The minimum atomic E-state index is -1.47. The molecule has 4 N–H and O–H groups in total. The van der Waals surface area contributed by atoms with Crippen molar-refractivity contribution in [2.75, 3.05) is 6.54 Å². The van der Waals surface area contributed by atoms with Crippen LogP contribution in [0.3, 0.4) is 0 Å². The summed E-state index contributed by atoms with van der Waals surface area (Å²) in [5.74, 6) is -0.663. The molecule has 26 heavy (non-hydrogen) atoms. The number of aromatic amines is 1. The molecule has 0 aromatic carbocycles. The fourth-order valence-corrected chi connectivity index (χ4v) is 3.03. The predicted molar refractivity (Wildman–Crippen MR) is 90.0 cm³/mol. The van der Waals surface area contributed by atoms with Crippen LogP contribution in [-0.2, 0) is 17.4 Å². The molecule has 0 aliphatic carbocycles. The lowest BCUT2D eigenvalue weighted by Gasteiger charge is -2.25. The van der Waals surface area contributed by atoms with Crippen molar-refractivity contribution < 1.29 is 14.4 Å². The summed E-state index contributed by atoms with van der Waals surface area (Å²) in [5.41, 5.74) is -0.373. The van der Waals surface area contributed by atoms with E-state index in [-0.39, 0.29) is 6.54 Å². The molecule has 4 amide bonds. The molecule has 1 aliphatic heterocycles. The van der Waals surface area contributed by atoms with E-state index >= 15 is 0 Å². The average Bonchev–Trinajstić information content (AvgIpc) is 3.30. The van der Waals surface area contributed by atoms with E-state index in [4.69, 9.17) is 0 Å². The minimum Gasteiger partial charge on any atom is -0.350 e. The third-order valence-corrected chi connectivity index (χ3v) is 4.32. The SMILES string of the molecule is Cn1ccnc1C1(CNC(=O)c2cc3cnccc3[nH]2)NC(=O)NC1=O. The molecule has 1 unspecified atom stereocenters. The molecule has 10 nitrogen and oxygen atoms in total. The number of hydrogen-bond acceptors (Lipinski definition) is 5. The van der Waals surface area contributed by atoms with Gasteiger partial charge in [-0.1, -0.05) is 0 Å². The first-order valence-electron chi connectivity index (χ1n) is 7.82. The van der Waals surface area contributed by atoms with Crippen LogP contribution >= 0.6 is 0 Å². The lowest BCUT2D eigenvalue weighted by molar-refractivity contribution is -0.124. The normalized spacial score (nSPS) is 19.4. The molecule has 4 heterocycles. The highest BCUT2D eigenvalue weighted by Gasteiger charge is 2.50. The van der Waals surface area contributed by atoms with Crippen LogP contribution in [0.25, 0.3) is 10.9 Å². The molecule has 10 heteroatoms. The smallest absolute Gasteiger partial charge is 0.322 e. The molecule has 4 rings (SSSR count). The Bertz CT molecular complexity index is 1000. The van der Waals surface area contributed by atoms with Gasteiger partial charge in [0.2, 0.25) is 0 Å². The number of rotatable bonds is 4. The summed E-state index contributed by atoms with van der Waals surface area (Å²) in [4.78, 5) is 47.8. The monoisotopic (exact) mass is 353 g/mol. The van der Waals surface area contributed by atoms with Gasteiger partial charge in [-0.25, -0.2) is 9.78 Å². The van der Waals surface area contributed by atoms with Crippen molar-refractivity contribution in [2.24, 2.45) is 7.05 Å². The van der Waals surface area contributed by atoms with Gasteiger partial charge in [-0.15, -0.1) is 0 Å². The lowest BCUT2D eigenvalue weighted by atomic mass is 9.98. The van der Waals surface area contributed by atoms with Crippen LogP contribution in [0.2, 0.25) is 0 Å². The number of fused-ring (bicyclic) bond motifs is 1. The number of pyridine rings is 1. The second-order valence-corrected chi connectivity index (χ2v) is 6.00. The minimum absolute atomic E-state index is 0.151. The quantitative estimate of drug-likeness (QED) is 0.480. The van der Waals surface area contributed by atoms with Crippen LogP contribution in [0.1, 0.15) is 16.3 Å². The summed E-state index contributed by atoms with van der Waals surface area (Å²) in [6, 6.07) is 2.79. The highest BCUT2D eigenvalue weighted by Crippen LogP contribution is 2.23. The van der Waals surface area contributed by atoms with Gasteiger partial charge >= 0.3 is 6.03 Å². The van der Waals surface area contributed by atoms with Gasteiger partial charge in [0.05, 0.1) is 6.54 Å². The number of carbonyl (C=O) groups excluding carboxylic acids is 3. The maximum atomic E-state index is 12.5. The zero-order valence-corrected chi connectivity index (χ0v) is 13.7. The number of aromatic nitrogens is 4. The molecule has 1 aliphatic rings. The molecule has 3 aromatic heterocycles. The first-order valence-corrected chi connectivity index (χ1v) is 7.82. The average molecular weight is 353 g/mol. The van der Waals surface area contributed by atoms with Crippen molar-refractivity contribution in [3.8, 4) is 0 Å². The van der Waals surface area contributed by atoms with E-state index in [0.717, 1.165) is 10.9 Å². The first-order chi connectivity index (χ1) is 12.5. The molecule has 1 atom stereocenters. The Morgan fingerprint density at radius 3 is 2.85 bits per heavy atom. The molecule has 1 saturated heterocycles. The van der Waals surface area contributed by atoms with Gasteiger partial charge in [0.1, 0.15) is 11.5 Å². The van der Waals surface area contributed by atoms with E-state index in [0.29, 0.717) is 11.5 Å². The van der Waals surface area contributed by atoms with Crippen molar-refractivity contribution in [1.82, 2.24) is 35.5 Å². The topological polar surface area (TPSA) is 134 Å². The van der Waals surface area contributed by atoms with Crippen molar-refractivity contribution in [1.29, 1.82) is 0 Å². The maximum absolute atomic E-state index is 12.5. The van der Waals surface area contributed by atoms with Crippen molar-refractivity contribution in [3.63, 3.8) is 0 Å². The largest absolute Gasteiger partial charge is 0.350 e. The van der Waals surface area contributed by atoms with Crippen molar-refractivity contribution in [2.45, 2.75) is 5.54 Å². The number of nitrogens with zero attached hydrogens (tertiary/aromatic N) is 3. The molecule has 1 fully saturated rings. The van der Waals surface area contributed by atoms with Crippen LogP contribution in [-0.4, -0.2) is 43.9 Å². The Labute approximate surface area is 147 Å². The third kappa shape index (κ3) is 2.39. The Balaban J connectivity index is 1.61. The summed E-state index contributed by atoms with van der Waals surface area (Å²) < 4.78 is 1.62. The number of carbonyl (C=O) groups is 3. The standard InChI is InChI=1S/C16H15N7O3/c1-23-5-4-18-13(23)16(14(25)21-15(26)22-16)8-19-12(24)11-6-9-7-17-3-2-10(9)20-11/h2-7,20H,8H2,1H3,(H,19,24)(H2,21,22,25,26). The summed E-state index contributed by atoms with van der Waals surface area (Å²) >= 11 is 0. The molecule has 3 aromatic rings. The summed E-state index contributed by atoms with van der Waals surface area (Å²) in [5, 5.41) is 8.26. The highest BCUT2D eigenvalue weighted by molar-refractivity contribution is 6.07. The van der Waals surface area contributed by atoms with Crippen molar-refractivity contribution >= 4 is 28.7 Å². The van der Waals surface area contributed by atoms with E-state index in [1.165, 1.54) is 6.20 Å². The van der Waals surface area contributed by atoms with Crippen LogP contribution in [0.4, 0.5) is 4.79 Å². The number of imidazole rings is 1. The second-order valence-electron chi connectivity index (χ2n) is 6.00.